The second-order valence-corrected chi connectivity index (χ2v) is 4.44. The molecule has 0 aliphatic heterocycles. The van der Waals surface area contributed by atoms with Crippen molar-refractivity contribution >= 4 is 16.9 Å². The molecule has 2 rings (SSSR count). The first-order valence-corrected chi connectivity index (χ1v) is 5.66. The maximum absolute atomic E-state index is 11.6. The van der Waals surface area contributed by atoms with Gasteiger partial charge in [-0.2, -0.15) is 0 Å². The van der Waals surface area contributed by atoms with E-state index in [-0.39, 0.29) is 0 Å². The maximum atomic E-state index is 11.6. The Kier molecular flexibility index (Phi) is 3.19. The average molecular weight is 245 g/mol. The number of fused-ring (bicyclic) bond motifs is 1. The highest BCUT2D eigenvalue weighted by atomic mass is 16.6. The third kappa shape index (κ3) is 2.27. The number of nitrogens with zero attached hydrogens (tertiary/aromatic N) is 1. The number of benzene rings is 1. The predicted molar refractivity (Wildman–Crippen MR) is 68.5 cm³/mol. The molecular formula is C14H15NO3. The SMILES string of the molecule is COC(=O)C(C)(C)Oc1cccc2cccnc12. The molecule has 0 atom stereocenters. The zero-order valence-electron chi connectivity index (χ0n) is 10.6. The molecule has 18 heavy (non-hydrogen) atoms. The van der Waals surface area contributed by atoms with E-state index in [0.717, 1.165) is 10.9 Å². The van der Waals surface area contributed by atoms with Crippen molar-refractivity contribution in [2.75, 3.05) is 7.11 Å². The Bertz CT molecular complexity index is 573. The maximum Gasteiger partial charge on any atom is 0.349 e. The van der Waals surface area contributed by atoms with Crippen LogP contribution in [0.5, 0.6) is 5.75 Å². The van der Waals surface area contributed by atoms with Crippen LogP contribution in [0.4, 0.5) is 0 Å². The van der Waals surface area contributed by atoms with E-state index >= 15 is 0 Å². The zero-order valence-corrected chi connectivity index (χ0v) is 10.6. The highest BCUT2D eigenvalue weighted by molar-refractivity contribution is 5.85. The number of esters is 1. The summed E-state index contributed by atoms with van der Waals surface area (Å²) in [5.41, 5.74) is -0.308. The van der Waals surface area contributed by atoms with Gasteiger partial charge in [-0.3, -0.25) is 4.98 Å². The summed E-state index contributed by atoms with van der Waals surface area (Å²) in [6.07, 6.45) is 1.69. The fourth-order valence-electron chi connectivity index (χ4n) is 1.72. The Morgan fingerprint density at radius 2 is 1.94 bits per heavy atom. The number of hydrogen-bond acceptors (Lipinski definition) is 4. The molecule has 0 aliphatic rings. The van der Waals surface area contributed by atoms with E-state index in [9.17, 15) is 4.79 Å². The lowest BCUT2D eigenvalue weighted by Crippen LogP contribution is -2.39. The normalized spacial score (nSPS) is 11.3. The number of aromatic nitrogens is 1. The number of pyridine rings is 1. The molecule has 0 unspecified atom stereocenters. The molecular weight excluding hydrogens is 230 g/mol. The highest BCUT2D eigenvalue weighted by Gasteiger charge is 2.31. The molecule has 0 N–H and O–H groups in total. The molecule has 0 radical (unpaired) electrons. The molecule has 0 aliphatic carbocycles. The number of hydrogen-bond donors (Lipinski definition) is 0. The Balaban J connectivity index is 2.41. The number of rotatable bonds is 3. The molecule has 0 spiro atoms. The van der Waals surface area contributed by atoms with E-state index < -0.39 is 11.6 Å². The molecule has 0 saturated heterocycles. The van der Waals surface area contributed by atoms with Crippen molar-refractivity contribution in [3.05, 3.63) is 36.5 Å². The molecule has 0 fully saturated rings. The molecule has 1 heterocycles. The van der Waals surface area contributed by atoms with Gasteiger partial charge in [0.25, 0.3) is 0 Å². The monoisotopic (exact) mass is 245 g/mol. The highest BCUT2D eigenvalue weighted by Crippen LogP contribution is 2.27. The Morgan fingerprint density at radius 3 is 2.67 bits per heavy atom. The first-order valence-electron chi connectivity index (χ1n) is 5.66. The number of ether oxygens (including phenoxy) is 2. The minimum Gasteiger partial charge on any atom is -0.474 e. The van der Waals surface area contributed by atoms with Gasteiger partial charge in [-0.25, -0.2) is 4.79 Å². The Morgan fingerprint density at radius 1 is 1.22 bits per heavy atom. The predicted octanol–water partition coefficient (Wildman–Crippen LogP) is 2.57. The molecule has 1 aromatic heterocycles. The lowest BCUT2D eigenvalue weighted by atomic mass is 10.1. The zero-order chi connectivity index (χ0) is 13.2. The molecule has 4 heteroatoms. The van der Waals surface area contributed by atoms with Crippen LogP contribution < -0.4 is 4.74 Å². The van der Waals surface area contributed by atoms with Crippen LogP contribution in [0.2, 0.25) is 0 Å². The van der Waals surface area contributed by atoms with Crippen molar-refractivity contribution in [1.29, 1.82) is 0 Å². The second-order valence-electron chi connectivity index (χ2n) is 4.44. The quantitative estimate of drug-likeness (QED) is 0.780. The topological polar surface area (TPSA) is 48.4 Å². The summed E-state index contributed by atoms with van der Waals surface area (Å²) in [5.74, 6) is 0.152. The average Bonchev–Trinajstić information content (AvgIpc) is 2.38. The summed E-state index contributed by atoms with van der Waals surface area (Å²) in [4.78, 5) is 15.9. The van der Waals surface area contributed by atoms with E-state index in [0.29, 0.717) is 5.75 Å². The fourth-order valence-corrected chi connectivity index (χ4v) is 1.72. The standard InChI is InChI=1S/C14H15NO3/c1-14(2,13(16)17-3)18-11-8-4-6-10-7-5-9-15-12(10)11/h4-9H,1-3H3. The van der Waals surface area contributed by atoms with E-state index in [4.69, 9.17) is 9.47 Å². The van der Waals surface area contributed by atoms with Gasteiger partial charge in [0.2, 0.25) is 0 Å². The summed E-state index contributed by atoms with van der Waals surface area (Å²) in [6.45, 7) is 3.33. The van der Waals surface area contributed by atoms with Gasteiger partial charge in [0, 0.05) is 11.6 Å². The molecule has 94 valence electrons. The van der Waals surface area contributed by atoms with Crippen molar-refractivity contribution in [1.82, 2.24) is 4.98 Å². The summed E-state index contributed by atoms with van der Waals surface area (Å²) < 4.78 is 10.4. The molecule has 1 aromatic carbocycles. The smallest absolute Gasteiger partial charge is 0.349 e. The van der Waals surface area contributed by atoms with E-state index in [1.165, 1.54) is 7.11 Å². The third-order valence-electron chi connectivity index (χ3n) is 2.64. The Labute approximate surface area is 106 Å². The molecule has 0 bridgehead atoms. The number of para-hydroxylation sites is 1. The van der Waals surface area contributed by atoms with E-state index in [2.05, 4.69) is 4.98 Å². The van der Waals surface area contributed by atoms with Crippen LogP contribution in [-0.4, -0.2) is 23.7 Å². The summed E-state index contributed by atoms with van der Waals surface area (Å²) in [5, 5.41) is 0.968. The van der Waals surface area contributed by atoms with Crippen LogP contribution >= 0.6 is 0 Å². The van der Waals surface area contributed by atoms with Crippen LogP contribution in [0.1, 0.15) is 13.8 Å². The lowest BCUT2D eigenvalue weighted by Gasteiger charge is -2.23. The first-order chi connectivity index (χ1) is 8.54. The molecule has 0 saturated carbocycles. The largest absolute Gasteiger partial charge is 0.474 e. The minimum absolute atomic E-state index is 0.421. The van der Waals surface area contributed by atoms with Crippen molar-refractivity contribution < 1.29 is 14.3 Å². The lowest BCUT2D eigenvalue weighted by molar-refractivity contribution is -0.155. The molecule has 0 amide bonds. The van der Waals surface area contributed by atoms with Gasteiger partial charge in [0.1, 0.15) is 11.3 Å². The summed E-state index contributed by atoms with van der Waals surface area (Å²) in [6, 6.07) is 9.41. The van der Waals surface area contributed by atoms with Gasteiger partial charge in [0.05, 0.1) is 7.11 Å². The van der Waals surface area contributed by atoms with Crippen molar-refractivity contribution in [2.24, 2.45) is 0 Å². The summed E-state index contributed by atoms with van der Waals surface area (Å²) in [7, 11) is 1.34. The fraction of sp³-hybridized carbons (Fsp3) is 0.286. The van der Waals surface area contributed by atoms with Gasteiger partial charge in [-0.05, 0) is 26.0 Å². The number of carbonyl (C=O) groups excluding carboxylic acids is 1. The van der Waals surface area contributed by atoms with Crippen LogP contribution in [0.3, 0.4) is 0 Å². The van der Waals surface area contributed by atoms with Gasteiger partial charge in [0.15, 0.2) is 5.60 Å². The van der Waals surface area contributed by atoms with Crippen LogP contribution in [-0.2, 0) is 9.53 Å². The van der Waals surface area contributed by atoms with Gasteiger partial charge < -0.3 is 9.47 Å². The van der Waals surface area contributed by atoms with Crippen LogP contribution in [0, 0.1) is 0 Å². The number of methoxy groups -OCH3 is 1. The Hall–Kier alpha value is -2.10. The van der Waals surface area contributed by atoms with Crippen LogP contribution in [0.25, 0.3) is 10.9 Å². The summed E-state index contributed by atoms with van der Waals surface area (Å²) >= 11 is 0. The van der Waals surface area contributed by atoms with Crippen LogP contribution in [0.15, 0.2) is 36.5 Å². The first kappa shape index (κ1) is 12.4. The van der Waals surface area contributed by atoms with Crippen molar-refractivity contribution in [3.63, 3.8) is 0 Å². The molecule has 2 aromatic rings. The third-order valence-corrected chi connectivity index (χ3v) is 2.64. The van der Waals surface area contributed by atoms with Gasteiger partial charge in [-0.15, -0.1) is 0 Å². The van der Waals surface area contributed by atoms with Gasteiger partial charge in [-0.1, -0.05) is 18.2 Å². The minimum atomic E-state index is -1.04. The van der Waals surface area contributed by atoms with Gasteiger partial charge >= 0.3 is 5.97 Å². The van der Waals surface area contributed by atoms with E-state index in [1.807, 2.05) is 24.3 Å². The number of carbonyl (C=O) groups is 1. The molecule has 4 nitrogen and oxygen atoms in total. The second kappa shape index (κ2) is 4.64. The van der Waals surface area contributed by atoms with Crippen molar-refractivity contribution in [3.8, 4) is 5.75 Å². The van der Waals surface area contributed by atoms with Crippen molar-refractivity contribution in [2.45, 2.75) is 19.4 Å². The van der Waals surface area contributed by atoms with E-state index in [1.54, 1.807) is 26.1 Å².